The van der Waals surface area contributed by atoms with E-state index in [-0.39, 0.29) is 30.1 Å². The number of aliphatic carboxylic acids is 1. The summed E-state index contributed by atoms with van der Waals surface area (Å²) >= 11 is 0. The van der Waals surface area contributed by atoms with Crippen molar-refractivity contribution >= 4 is 17.8 Å². The molecule has 0 bridgehead atoms. The van der Waals surface area contributed by atoms with E-state index in [9.17, 15) is 14.4 Å². The fourth-order valence-electron chi connectivity index (χ4n) is 1.71. The average molecular weight is 270 g/mol. The lowest BCUT2D eigenvalue weighted by Gasteiger charge is -2.17. The third-order valence-corrected chi connectivity index (χ3v) is 3.08. The lowest BCUT2D eigenvalue weighted by atomic mass is 10.0. The van der Waals surface area contributed by atoms with Crippen LogP contribution < -0.4 is 10.6 Å². The van der Waals surface area contributed by atoms with Gasteiger partial charge in [-0.3, -0.25) is 9.59 Å². The highest BCUT2D eigenvalue weighted by Crippen LogP contribution is 2.28. The number of hydrogen-bond donors (Lipinski definition) is 3. The summed E-state index contributed by atoms with van der Waals surface area (Å²) in [7, 11) is 0. The van der Waals surface area contributed by atoms with Gasteiger partial charge in [0.1, 0.15) is 6.04 Å². The molecule has 0 aromatic rings. The van der Waals surface area contributed by atoms with Gasteiger partial charge in [-0.15, -0.1) is 0 Å². The number of amides is 2. The molecular formula is C13H22N2O4. The van der Waals surface area contributed by atoms with E-state index < -0.39 is 12.0 Å². The summed E-state index contributed by atoms with van der Waals surface area (Å²) in [5.41, 5.74) is 0. The summed E-state index contributed by atoms with van der Waals surface area (Å²) in [6.07, 6.45) is 2.66. The van der Waals surface area contributed by atoms with Crippen LogP contribution >= 0.6 is 0 Å². The molecule has 6 nitrogen and oxygen atoms in total. The molecule has 0 aliphatic heterocycles. The van der Waals surface area contributed by atoms with Gasteiger partial charge in [0.05, 0.1) is 0 Å². The van der Waals surface area contributed by atoms with Crippen LogP contribution in [0.25, 0.3) is 0 Å². The highest BCUT2D eigenvalue weighted by Gasteiger charge is 2.29. The Balaban J connectivity index is 2.15. The maximum Gasteiger partial charge on any atom is 0.326 e. The van der Waals surface area contributed by atoms with Crippen molar-refractivity contribution in [3.8, 4) is 0 Å². The minimum atomic E-state index is -1.02. The van der Waals surface area contributed by atoms with E-state index in [1.54, 1.807) is 13.8 Å². The Morgan fingerprint density at radius 2 is 1.89 bits per heavy atom. The van der Waals surface area contributed by atoms with Gasteiger partial charge in [-0.25, -0.2) is 4.79 Å². The summed E-state index contributed by atoms with van der Waals surface area (Å²) in [4.78, 5) is 33.8. The summed E-state index contributed by atoms with van der Waals surface area (Å²) in [5.74, 6) is -1.24. The second-order valence-corrected chi connectivity index (χ2v) is 5.30. The van der Waals surface area contributed by atoms with Gasteiger partial charge in [-0.05, 0) is 25.2 Å². The molecule has 19 heavy (non-hydrogen) atoms. The molecule has 0 saturated heterocycles. The van der Waals surface area contributed by atoms with Crippen LogP contribution in [0.4, 0.5) is 0 Å². The molecular weight excluding hydrogens is 248 g/mol. The number of carbonyl (C=O) groups is 3. The molecule has 3 N–H and O–H groups in total. The molecule has 1 rings (SSSR count). The van der Waals surface area contributed by atoms with Gasteiger partial charge in [-0.1, -0.05) is 13.8 Å². The van der Waals surface area contributed by atoms with Crippen molar-refractivity contribution in [1.82, 2.24) is 10.6 Å². The molecule has 0 aromatic carbocycles. The maximum atomic E-state index is 11.6. The molecule has 1 aliphatic rings. The van der Waals surface area contributed by atoms with Gasteiger partial charge >= 0.3 is 5.97 Å². The number of rotatable bonds is 8. The smallest absolute Gasteiger partial charge is 0.326 e. The van der Waals surface area contributed by atoms with Gasteiger partial charge in [0, 0.05) is 18.9 Å². The lowest BCUT2D eigenvalue weighted by Crippen LogP contribution is -2.44. The van der Waals surface area contributed by atoms with E-state index in [0.29, 0.717) is 13.0 Å². The minimum Gasteiger partial charge on any atom is -0.480 e. The normalized spacial score (nSPS) is 15.9. The first-order chi connectivity index (χ1) is 8.91. The standard InChI is InChI=1S/C13H22N2O4/c1-8(2)11(13(18)19)15-10(16)4-3-7-14-12(17)9-5-6-9/h8-9,11H,3-7H2,1-2H3,(H,14,17)(H,15,16)(H,18,19)/t11-/m1/s1. The van der Waals surface area contributed by atoms with E-state index in [4.69, 9.17) is 5.11 Å². The van der Waals surface area contributed by atoms with Crippen molar-refractivity contribution in [2.24, 2.45) is 11.8 Å². The highest BCUT2D eigenvalue weighted by atomic mass is 16.4. The van der Waals surface area contributed by atoms with E-state index in [1.165, 1.54) is 0 Å². The summed E-state index contributed by atoms with van der Waals surface area (Å²) in [5, 5.41) is 14.2. The topological polar surface area (TPSA) is 95.5 Å². The molecule has 0 radical (unpaired) electrons. The molecule has 1 fully saturated rings. The van der Waals surface area contributed by atoms with Crippen LogP contribution in [-0.2, 0) is 14.4 Å². The maximum absolute atomic E-state index is 11.6. The second kappa shape index (κ2) is 7.11. The first-order valence-electron chi connectivity index (χ1n) is 6.71. The molecule has 0 spiro atoms. The zero-order valence-corrected chi connectivity index (χ0v) is 11.4. The fraction of sp³-hybridized carbons (Fsp3) is 0.769. The molecule has 0 aromatic heterocycles. The van der Waals surface area contributed by atoms with Crippen molar-refractivity contribution in [3.63, 3.8) is 0 Å². The van der Waals surface area contributed by atoms with Gasteiger partial charge in [0.15, 0.2) is 0 Å². The van der Waals surface area contributed by atoms with Gasteiger partial charge in [0.2, 0.25) is 11.8 Å². The van der Waals surface area contributed by atoms with Crippen LogP contribution in [-0.4, -0.2) is 35.5 Å². The Bertz CT molecular complexity index is 351. The first kappa shape index (κ1) is 15.5. The van der Waals surface area contributed by atoms with Crippen LogP contribution in [0, 0.1) is 11.8 Å². The summed E-state index contributed by atoms with van der Waals surface area (Å²) < 4.78 is 0. The van der Waals surface area contributed by atoms with Gasteiger partial charge < -0.3 is 15.7 Å². The van der Waals surface area contributed by atoms with Gasteiger partial charge in [-0.2, -0.15) is 0 Å². The summed E-state index contributed by atoms with van der Waals surface area (Å²) in [6.45, 7) is 3.95. The molecule has 0 unspecified atom stereocenters. The van der Waals surface area contributed by atoms with Crippen molar-refractivity contribution in [2.45, 2.75) is 45.6 Å². The van der Waals surface area contributed by atoms with Crippen molar-refractivity contribution < 1.29 is 19.5 Å². The SMILES string of the molecule is CC(C)[C@@H](NC(=O)CCCNC(=O)C1CC1)C(=O)O. The van der Waals surface area contributed by atoms with Crippen LogP contribution in [0.3, 0.4) is 0 Å². The van der Waals surface area contributed by atoms with Crippen molar-refractivity contribution in [2.75, 3.05) is 6.54 Å². The number of carboxylic acid groups (broad SMARTS) is 1. The predicted octanol–water partition coefficient (Wildman–Crippen LogP) is 0.518. The Labute approximate surface area is 112 Å². The average Bonchev–Trinajstić information content (AvgIpc) is 3.14. The molecule has 6 heteroatoms. The zero-order valence-electron chi connectivity index (χ0n) is 11.4. The molecule has 1 atom stereocenters. The third-order valence-electron chi connectivity index (χ3n) is 3.08. The largest absolute Gasteiger partial charge is 0.480 e. The van der Waals surface area contributed by atoms with E-state index in [0.717, 1.165) is 12.8 Å². The van der Waals surface area contributed by atoms with Crippen molar-refractivity contribution in [1.29, 1.82) is 0 Å². The third kappa shape index (κ3) is 5.72. The molecule has 1 aliphatic carbocycles. The monoisotopic (exact) mass is 270 g/mol. The molecule has 2 amide bonds. The molecule has 108 valence electrons. The fourth-order valence-corrected chi connectivity index (χ4v) is 1.71. The molecule has 1 saturated carbocycles. The summed E-state index contributed by atoms with van der Waals surface area (Å²) in [6, 6.07) is -0.853. The predicted molar refractivity (Wildman–Crippen MR) is 69.4 cm³/mol. The Kier molecular flexibility index (Phi) is 5.79. The number of hydrogen-bond acceptors (Lipinski definition) is 3. The van der Waals surface area contributed by atoms with E-state index >= 15 is 0 Å². The number of carbonyl (C=O) groups excluding carboxylic acids is 2. The van der Waals surface area contributed by atoms with Gasteiger partial charge in [0.25, 0.3) is 0 Å². The van der Waals surface area contributed by atoms with Crippen LogP contribution in [0.5, 0.6) is 0 Å². The Morgan fingerprint density at radius 1 is 1.26 bits per heavy atom. The first-order valence-corrected chi connectivity index (χ1v) is 6.71. The van der Waals surface area contributed by atoms with Crippen LogP contribution in [0.15, 0.2) is 0 Å². The van der Waals surface area contributed by atoms with E-state index in [1.807, 2.05) is 0 Å². The second-order valence-electron chi connectivity index (χ2n) is 5.30. The quantitative estimate of drug-likeness (QED) is 0.560. The number of carboxylic acids is 1. The number of nitrogens with one attached hydrogen (secondary N) is 2. The highest BCUT2D eigenvalue weighted by molar-refractivity contribution is 5.84. The lowest BCUT2D eigenvalue weighted by molar-refractivity contribution is -0.143. The molecule has 0 heterocycles. The van der Waals surface area contributed by atoms with E-state index in [2.05, 4.69) is 10.6 Å². The minimum absolute atomic E-state index is 0.0611. The van der Waals surface area contributed by atoms with Crippen molar-refractivity contribution in [3.05, 3.63) is 0 Å². The Hall–Kier alpha value is -1.59. The van der Waals surface area contributed by atoms with Crippen LogP contribution in [0.2, 0.25) is 0 Å². The van der Waals surface area contributed by atoms with Crippen LogP contribution in [0.1, 0.15) is 39.5 Å². The zero-order chi connectivity index (χ0) is 14.4. The Morgan fingerprint density at radius 3 is 2.37 bits per heavy atom.